The van der Waals surface area contributed by atoms with Crippen molar-refractivity contribution >= 4 is 28.7 Å². The molecule has 1 aliphatic carbocycles. The monoisotopic (exact) mass is 501 g/mol. The molecule has 8 nitrogen and oxygen atoms in total. The highest BCUT2D eigenvalue weighted by Gasteiger charge is 2.43. The number of halogens is 2. The minimum atomic E-state index is -1.01. The molecule has 3 saturated heterocycles. The topological polar surface area (TPSA) is 79.7 Å². The van der Waals surface area contributed by atoms with Gasteiger partial charge < -0.3 is 4.74 Å². The Labute approximate surface area is 208 Å². The number of hydrogen-bond donors (Lipinski definition) is 1. The normalized spacial score (nSPS) is 29.3. The number of rotatable bonds is 3. The summed E-state index contributed by atoms with van der Waals surface area (Å²) in [6.07, 6.45) is 5.06. The highest BCUT2D eigenvalue weighted by Crippen LogP contribution is 2.42. The second-order valence-corrected chi connectivity index (χ2v) is 10.9. The third-order valence-electron chi connectivity index (χ3n) is 8.80. The molecule has 1 spiro atoms. The largest absolute Gasteiger partial charge is 0.375 e. The summed E-state index contributed by atoms with van der Waals surface area (Å²) in [5.41, 5.74) is 1.21. The number of likely N-dealkylation sites (tertiary alicyclic amines) is 1. The Morgan fingerprint density at radius 2 is 1.94 bits per heavy atom. The lowest BCUT2D eigenvalue weighted by atomic mass is 9.78. The van der Waals surface area contributed by atoms with Crippen molar-refractivity contribution < 1.29 is 23.1 Å². The minimum absolute atomic E-state index is 0.0183. The van der Waals surface area contributed by atoms with Gasteiger partial charge >= 0.3 is 6.03 Å². The summed E-state index contributed by atoms with van der Waals surface area (Å²) in [5, 5.41) is 7.23. The quantitative estimate of drug-likeness (QED) is 0.693. The summed E-state index contributed by atoms with van der Waals surface area (Å²) in [5.74, 6) is -0.621. The molecule has 3 amide bonds. The average molecular weight is 502 g/mol. The van der Waals surface area contributed by atoms with Crippen molar-refractivity contribution in [1.29, 1.82) is 0 Å². The predicted octanol–water partition coefficient (Wildman–Crippen LogP) is 3.78. The van der Waals surface area contributed by atoms with Crippen molar-refractivity contribution in [2.75, 3.05) is 31.1 Å². The Balaban J connectivity index is 1.18. The molecule has 1 N–H and O–H groups in total. The minimum Gasteiger partial charge on any atom is -0.375 e. The number of hydrogen-bond acceptors (Lipinski definition) is 5. The van der Waals surface area contributed by atoms with Crippen LogP contribution in [0.2, 0.25) is 0 Å². The molecular weight excluding hydrogens is 468 g/mol. The van der Waals surface area contributed by atoms with Crippen LogP contribution >= 0.6 is 0 Å². The molecule has 194 valence electrons. The second kappa shape index (κ2) is 9.06. The standard InChI is InChI=1S/C26H33F2N5O3/c1-31-22-15-17(19(27)14-18(22)24(30-31)33-9-5-23(34)29-25(33)35)16-3-4-21(20(28)13-16)32-10-7-26(8-11-32)6-2-12-36-26/h14-16,20-21H,2-13H2,1H3,(H,29,34,35)/t16-,20?,21+/m0/s1. The van der Waals surface area contributed by atoms with E-state index in [2.05, 4.69) is 15.3 Å². The van der Waals surface area contributed by atoms with E-state index in [-0.39, 0.29) is 36.4 Å². The molecule has 4 fully saturated rings. The SMILES string of the molecule is Cn1nc(N2CCC(=O)NC2=O)c2cc(F)c([C@H]3CC[C@@H](N4CCC5(CCCO5)CC4)C(F)C3)cc21. The Morgan fingerprint density at radius 3 is 2.64 bits per heavy atom. The van der Waals surface area contributed by atoms with Crippen LogP contribution in [0.15, 0.2) is 12.1 Å². The first-order chi connectivity index (χ1) is 17.3. The fourth-order valence-corrected chi connectivity index (χ4v) is 6.76. The Bertz CT molecular complexity index is 1180. The summed E-state index contributed by atoms with van der Waals surface area (Å²) in [4.78, 5) is 27.5. The van der Waals surface area contributed by atoms with Gasteiger partial charge in [0.1, 0.15) is 12.0 Å². The highest BCUT2D eigenvalue weighted by atomic mass is 19.1. The molecular formula is C26H33F2N5O3. The molecule has 10 heteroatoms. The van der Waals surface area contributed by atoms with Crippen LogP contribution in [-0.2, 0) is 16.6 Å². The number of carbonyl (C=O) groups excluding carboxylic acids is 2. The van der Waals surface area contributed by atoms with E-state index in [4.69, 9.17) is 4.74 Å². The highest BCUT2D eigenvalue weighted by molar-refractivity contribution is 6.08. The van der Waals surface area contributed by atoms with Gasteiger partial charge in [-0.3, -0.25) is 24.6 Å². The van der Waals surface area contributed by atoms with Crippen molar-refractivity contribution in [3.05, 3.63) is 23.5 Å². The molecule has 4 aliphatic rings. The number of fused-ring (bicyclic) bond motifs is 1. The Morgan fingerprint density at radius 1 is 1.14 bits per heavy atom. The van der Waals surface area contributed by atoms with Crippen molar-refractivity contribution in [2.45, 2.75) is 75.1 Å². The number of aromatic nitrogens is 2. The van der Waals surface area contributed by atoms with Crippen LogP contribution in [0.1, 0.15) is 62.8 Å². The number of benzene rings is 1. The maximum absolute atomic E-state index is 15.5. The first-order valence-electron chi connectivity index (χ1n) is 13.1. The zero-order valence-electron chi connectivity index (χ0n) is 20.6. The number of alkyl halides is 1. The van der Waals surface area contributed by atoms with E-state index in [1.165, 1.54) is 11.0 Å². The summed E-state index contributed by atoms with van der Waals surface area (Å²) >= 11 is 0. The van der Waals surface area contributed by atoms with Crippen LogP contribution in [0.3, 0.4) is 0 Å². The zero-order valence-corrected chi connectivity index (χ0v) is 20.6. The van der Waals surface area contributed by atoms with E-state index in [0.29, 0.717) is 35.1 Å². The molecule has 1 aromatic heterocycles. The van der Waals surface area contributed by atoms with Gasteiger partial charge in [-0.1, -0.05) is 0 Å². The molecule has 36 heavy (non-hydrogen) atoms. The third kappa shape index (κ3) is 4.08. The number of imide groups is 1. The molecule has 6 rings (SSSR count). The Kier molecular flexibility index (Phi) is 5.99. The maximum atomic E-state index is 15.5. The van der Waals surface area contributed by atoms with Crippen LogP contribution in [0, 0.1) is 5.82 Å². The summed E-state index contributed by atoms with van der Waals surface area (Å²) < 4.78 is 38.5. The lowest BCUT2D eigenvalue weighted by Gasteiger charge is -2.45. The van der Waals surface area contributed by atoms with Gasteiger partial charge in [0.2, 0.25) is 5.91 Å². The number of carbonyl (C=O) groups is 2. The van der Waals surface area contributed by atoms with E-state index in [0.717, 1.165) is 51.8 Å². The lowest BCUT2D eigenvalue weighted by molar-refractivity contribution is -0.120. The average Bonchev–Trinajstić information content (AvgIpc) is 3.43. The molecule has 2 aromatic rings. The van der Waals surface area contributed by atoms with Gasteiger partial charge in [0.25, 0.3) is 0 Å². The van der Waals surface area contributed by atoms with Crippen molar-refractivity contribution in [3.8, 4) is 0 Å². The van der Waals surface area contributed by atoms with E-state index < -0.39 is 18.0 Å². The number of aryl methyl sites for hydroxylation is 1. The number of nitrogens with one attached hydrogen (secondary N) is 1. The molecule has 1 aromatic carbocycles. The van der Waals surface area contributed by atoms with Crippen LogP contribution in [0.5, 0.6) is 0 Å². The first-order valence-corrected chi connectivity index (χ1v) is 13.1. The van der Waals surface area contributed by atoms with Gasteiger partial charge in [0.15, 0.2) is 5.82 Å². The predicted molar refractivity (Wildman–Crippen MR) is 130 cm³/mol. The molecule has 0 bridgehead atoms. The zero-order chi connectivity index (χ0) is 25.0. The van der Waals surface area contributed by atoms with E-state index in [9.17, 15) is 9.59 Å². The van der Waals surface area contributed by atoms with E-state index in [1.807, 2.05) is 0 Å². The second-order valence-electron chi connectivity index (χ2n) is 10.9. The van der Waals surface area contributed by atoms with Crippen LogP contribution < -0.4 is 10.2 Å². The van der Waals surface area contributed by atoms with Crippen LogP contribution in [0.4, 0.5) is 19.4 Å². The van der Waals surface area contributed by atoms with E-state index >= 15 is 8.78 Å². The van der Waals surface area contributed by atoms with Gasteiger partial charge in [-0.2, -0.15) is 5.10 Å². The number of nitrogens with zero attached hydrogens (tertiary/aromatic N) is 4. The number of anilines is 1. The number of ether oxygens (including phenoxy) is 1. The molecule has 1 saturated carbocycles. The van der Waals surface area contributed by atoms with Gasteiger partial charge in [0.05, 0.1) is 11.1 Å². The smallest absolute Gasteiger partial charge is 0.329 e. The molecule has 3 atom stereocenters. The summed E-state index contributed by atoms with van der Waals surface area (Å²) in [6.45, 7) is 2.76. The third-order valence-corrected chi connectivity index (χ3v) is 8.80. The number of amides is 3. The fourth-order valence-electron chi connectivity index (χ4n) is 6.76. The maximum Gasteiger partial charge on any atom is 0.329 e. The van der Waals surface area contributed by atoms with Crippen LogP contribution in [-0.4, -0.2) is 70.7 Å². The molecule has 4 heterocycles. The molecule has 1 unspecified atom stereocenters. The molecule has 0 radical (unpaired) electrons. The van der Waals surface area contributed by atoms with Crippen LogP contribution in [0.25, 0.3) is 10.9 Å². The van der Waals surface area contributed by atoms with Crippen molar-refractivity contribution in [2.24, 2.45) is 7.05 Å². The first kappa shape index (κ1) is 23.8. The fraction of sp³-hybridized carbons (Fsp3) is 0.654. The van der Waals surface area contributed by atoms with Crippen molar-refractivity contribution in [3.63, 3.8) is 0 Å². The van der Waals surface area contributed by atoms with E-state index in [1.54, 1.807) is 17.8 Å². The van der Waals surface area contributed by atoms with Gasteiger partial charge in [0, 0.05) is 51.1 Å². The van der Waals surface area contributed by atoms with Gasteiger partial charge in [-0.15, -0.1) is 0 Å². The summed E-state index contributed by atoms with van der Waals surface area (Å²) in [7, 11) is 1.74. The van der Waals surface area contributed by atoms with Gasteiger partial charge in [-0.05, 0) is 68.6 Å². The van der Waals surface area contributed by atoms with Crippen molar-refractivity contribution in [1.82, 2.24) is 20.0 Å². The lowest BCUT2D eigenvalue weighted by Crippen LogP contribution is -2.52. The number of piperidine rings is 1. The van der Waals surface area contributed by atoms with Gasteiger partial charge in [-0.25, -0.2) is 13.6 Å². The summed E-state index contributed by atoms with van der Waals surface area (Å²) in [6, 6.07) is 2.49. The Hall–Kier alpha value is -2.59. The molecule has 3 aliphatic heterocycles. The number of urea groups is 1.